The smallest absolute Gasteiger partial charge is 0.335 e. The van der Waals surface area contributed by atoms with Gasteiger partial charge in [0.15, 0.2) is 0 Å². The third kappa shape index (κ3) is 4.57. The molecule has 1 aliphatic rings. The molecule has 33 heavy (non-hydrogen) atoms. The summed E-state index contributed by atoms with van der Waals surface area (Å²) in [5, 5.41) is 12.4. The van der Waals surface area contributed by atoms with Crippen LogP contribution in [-0.2, 0) is 10.0 Å². The number of rotatable bonds is 5. The molecule has 0 spiro atoms. The van der Waals surface area contributed by atoms with Crippen LogP contribution < -0.4 is 5.32 Å². The minimum absolute atomic E-state index is 0.0153. The minimum Gasteiger partial charge on any atom is -0.478 e. The summed E-state index contributed by atoms with van der Waals surface area (Å²) in [6, 6.07) is 16.7. The molecule has 0 aromatic heterocycles. The lowest BCUT2D eigenvalue weighted by Crippen LogP contribution is -2.22. The van der Waals surface area contributed by atoms with Crippen LogP contribution in [0.25, 0.3) is 0 Å². The van der Waals surface area contributed by atoms with Crippen LogP contribution in [0.3, 0.4) is 0 Å². The first-order valence-corrected chi connectivity index (χ1v) is 11.5. The van der Waals surface area contributed by atoms with Crippen LogP contribution in [0.2, 0.25) is 5.02 Å². The molecule has 0 saturated carbocycles. The number of nitrogens with zero attached hydrogens (tertiary/aromatic N) is 1. The number of carboxylic acid groups (broad SMARTS) is 1. The monoisotopic (exact) mass is 480 g/mol. The van der Waals surface area contributed by atoms with Crippen molar-refractivity contribution in [1.82, 2.24) is 0 Å². The largest absolute Gasteiger partial charge is 0.478 e. The number of ketones is 1. The molecule has 0 bridgehead atoms. The highest BCUT2D eigenvalue weighted by molar-refractivity contribution is 7.90. The van der Waals surface area contributed by atoms with Crippen molar-refractivity contribution >= 4 is 44.8 Å². The van der Waals surface area contributed by atoms with Gasteiger partial charge < -0.3 is 10.4 Å². The summed E-state index contributed by atoms with van der Waals surface area (Å²) >= 11 is 6.01. The van der Waals surface area contributed by atoms with E-state index in [0.29, 0.717) is 27.4 Å². The number of anilines is 1. The van der Waals surface area contributed by atoms with E-state index in [1.807, 2.05) is 0 Å². The molecule has 0 atom stereocenters. The van der Waals surface area contributed by atoms with E-state index in [9.17, 15) is 18.0 Å². The van der Waals surface area contributed by atoms with Gasteiger partial charge in [-0.05, 0) is 61.0 Å². The number of aryl methyl sites for hydroxylation is 1. The molecule has 9 heteroatoms. The van der Waals surface area contributed by atoms with Gasteiger partial charge in [0, 0.05) is 21.8 Å². The van der Waals surface area contributed by atoms with Crippen molar-refractivity contribution in [3.8, 4) is 0 Å². The Kier molecular flexibility index (Phi) is 5.88. The van der Waals surface area contributed by atoms with Crippen LogP contribution in [0.4, 0.5) is 5.69 Å². The minimum atomic E-state index is -4.09. The van der Waals surface area contributed by atoms with E-state index in [2.05, 4.69) is 9.71 Å². The van der Waals surface area contributed by atoms with E-state index in [-0.39, 0.29) is 27.7 Å². The van der Waals surface area contributed by atoms with Gasteiger partial charge in [0.05, 0.1) is 21.9 Å². The van der Waals surface area contributed by atoms with Gasteiger partial charge in [-0.1, -0.05) is 35.9 Å². The van der Waals surface area contributed by atoms with Gasteiger partial charge in [0.25, 0.3) is 10.0 Å². The van der Waals surface area contributed by atoms with Crippen molar-refractivity contribution in [2.75, 3.05) is 5.32 Å². The lowest BCUT2D eigenvalue weighted by atomic mass is 9.92. The van der Waals surface area contributed by atoms with Gasteiger partial charge >= 0.3 is 5.97 Å². The Labute approximate surface area is 195 Å². The lowest BCUT2D eigenvalue weighted by Gasteiger charge is -2.19. The molecule has 0 saturated heterocycles. The van der Waals surface area contributed by atoms with E-state index in [1.165, 1.54) is 48.5 Å². The molecule has 2 N–H and O–H groups in total. The average Bonchev–Trinajstić information content (AvgIpc) is 2.79. The van der Waals surface area contributed by atoms with Crippen molar-refractivity contribution in [3.63, 3.8) is 0 Å². The van der Waals surface area contributed by atoms with Crippen LogP contribution >= 0.6 is 11.6 Å². The van der Waals surface area contributed by atoms with Gasteiger partial charge in [-0.25, -0.2) is 4.79 Å². The van der Waals surface area contributed by atoms with E-state index in [1.54, 1.807) is 31.2 Å². The van der Waals surface area contributed by atoms with Gasteiger partial charge in [-0.2, -0.15) is 12.8 Å². The highest BCUT2D eigenvalue weighted by Gasteiger charge is 2.26. The Morgan fingerprint density at radius 1 is 1.00 bits per heavy atom. The number of hydrogen-bond acceptors (Lipinski definition) is 5. The Hall–Kier alpha value is -3.75. The molecule has 0 heterocycles. The summed E-state index contributed by atoms with van der Waals surface area (Å²) < 4.78 is 30.0. The zero-order valence-electron chi connectivity index (χ0n) is 17.2. The first-order valence-electron chi connectivity index (χ1n) is 9.73. The van der Waals surface area contributed by atoms with E-state index in [4.69, 9.17) is 16.7 Å². The number of carbonyl (C=O) groups excluding carboxylic acids is 1. The number of fused-ring (bicyclic) bond motifs is 1. The maximum absolute atomic E-state index is 13.0. The normalized spacial score (nSPS) is 14.5. The van der Waals surface area contributed by atoms with Gasteiger partial charge in [0.1, 0.15) is 0 Å². The van der Waals surface area contributed by atoms with Gasteiger partial charge in [0.2, 0.25) is 5.78 Å². The Balaban J connectivity index is 1.78. The maximum Gasteiger partial charge on any atom is 0.335 e. The second-order valence-corrected chi connectivity index (χ2v) is 9.31. The molecule has 0 amide bonds. The fourth-order valence-electron chi connectivity index (χ4n) is 3.31. The number of sulfonamides is 1. The summed E-state index contributed by atoms with van der Waals surface area (Å²) in [6.07, 6.45) is 1.37. The summed E-state index contributed by atoms with van der Waals surface area (Å²) in [5.74, 6) is -1.41. The number of carboxylic acids is 1. The lowest BCUT2D eigenvalue weighted by molar-refractivity contribution is 0.0696. The number of carbonyl (C=O) groups is 2. The molecule has 3 aromatic carbocycles. The molecule has 0 unspecified atom stereocenters. The van der Waals surface area contributed by atoms with Crippen molar-refractivity contribution in [2.45, 2.75) is 11.8 Å². The third-order valence-electron chi connectivity index (χ3n) is 5.03. The molecule has 3 aromatic rings. The predicted molar refractivity (Wildman–Crippen MR) is 126 cm³/mol. The van der Waals surface area contributed by atoms with Gasteiger partial charge in [-0.3, -0.25) is 4.79 Å². The standard InChI is InChI=1S/C24H17ClN2O5S/c1-14-12-17(10-11-20(14)25)33(31,32)27-21-13-22(23(28)19-5-3-2-4-18(19)21)26-16-8-6-15(7-9-16)24(29)30/h2-13,26H,1H3,(H,29,30). The van der Waals surface area contributed by atoms with Crippen LogP contribution in [0.1, 0.15) is 31.8 Å². The van der Waals surface area contributed by atoms with E-state index < -0.39 is 16.0 Å². The zero-order chi connectivity index (χ0) is 23.8. The number of allylic oxidation sites excluding steroid dienone is 2. The number of hydrogen-bond donors (Lipinski definition) is 2. The van der Waals surface area contributed by atoms with Crippen LogP contribution in [-0.4, -0.2) is 31.0 Å². The van der Waals surface area contributed by atoms with Crippen molar-refractivity contribution in [1.29, 1.82) is 0 Å². The van der Waals surface area contributed by atoms with E-state index >= 15 is 0 Å². The summed E-state index contributed by atoms with van der Waals surface area (Å²) in [6.45, 7) is 1.70. The Morgan fingerprint density at radius 3 is 2.30 bits per heavy atom. The van der Waals surface area contributed by atoms with Crippen molar-refractivity contribution in [3.05, 3.63) is 106 Å². The highest BCUT2D eigenvalue weighted by atomic mass is 35.5. The predicted octanol–water partition coefficient (Wildman–Crippen LogP) is 4.72. The fourth-order valence-corrected chi connectivity index (χ4v) is 4.51. The molecule has 1 aliphatic carbocycles. The first-order chi connectivity index (χ1) is 15.7. The topological polar surface area (TPSA) is 113 Å². The molecule has 4 rings (SSSR count). The quantitative estimate of drug-likeness (QED) is 0.546. The molecular weight excluding hydrogens is 464 g/mol. The molecular formula is C24H17ClN2O5S. The second kappa shape index (κ2) is 8.65. The summed E-state index contributed by atoms with van der Waals surface area (Å²) in [4.78, 5) is 24.1. The van der Waals surface area contributed by atoms with Crippen LogP contribution in [0, 0.1) is 6.92 Å². The second-order valence-electron chi connectivity index (χ2n) is 7.30. The zero-order valence-corrected chi connectivity index (χ0v) is 18.8. The third-order valence-corrected chi connectivity index (χ3v) is 6.74. The average molecular weight is 481 g/mol. The maximum atomic E-state index is 13.0. The molecule has 0 fully saturated rings. The number of Topliss-reactive ketones (excluding diaryl/α,β-unsaturated/α-hetero) is 1. The first kappa shape index (κ1) is 22.4. The van der Waals surface area contributed by atoms with E-state index in [0.717, 1.165) is 0 Å². The summed E-state index contributed by atoms with van der Waals surface area (Å²) in [7, 11) is -4.09. The van der Waals surface area contributed by atoms with Crippen molar-refractivity contribution in [2.24, 2.45) is 4.40 Å². The number of aromatic carboxylic acids is 1. The summed E-state index contributed by atoms with van der Waals surface area (Å²) in [5.41, 5.74) is 2.06. The number of halogens is 1. The highest BCUT2D eigenvalue weighted by Crippen LogP contribution is 2.26. The molecule has 166 valence electrons. The number of benzene rings is 3. The van der Waals surface area contributed by atoms with Crippen LogP contribution in [0.5, 0.6) is 0 Å². The molecule has 0 aliphatic heterocycles. The fraction of sp³-hybridized carbons (Fsp3) is 0.0417. The SMILES string of the molecule is Cc1cc(S(=O)(=O)N=C2C=C(Nc3ccc(C(=O)O)cc3)C(=O)c3ccccc32)ccc1Cl. The Morgan fingerprint density at radius 2 is 1.67 bits per heavy atom. The Bertz CT molecular complexity index is 1460. The number of nitrogens with one attached hydrogen (secondary N) is 1. The van der Waals surface area contributed by atoms with Crippen LogP contribution in [0.15, 0.2) is 87.8 Å². The molecule has 7 nitrogen and oxygen atoms in total. The van der Waals surface area contributed by atoms with Gasteiger partial charge in [-0.15, -0.1) is 0 Å². The van der Waals surface area contributed by atoms with Crippen molar-refractivity contribution < 1.29 is 23.1 Å². The molecule has 0 radical (unpaired) electrons.